The van der Waals surface area contributed by atoms with Crippen molar-refractivity contribution in [2.45, 2.75) is 203 Å². The van der Waals surface area contributed by atoms with Crippen molar-refractivity contribution >= 4 is 48.2 Å². The number of amides is 5. The minimum atomic E-state index is -0.935. The van der Waals surface area contributed by atoms with Gasteiger partial charge in [0.15, 0.2) is 0 Å². The third-order valence-electron chi connectivity index (χ3n) is 9.11. The highest BCUT2D eigenvalue weighted by Gasteiger charge is 2.35. The van der Waals surface area contributed by atoms with Crippen LogP contribution in [0, 0.1) is 0 Å². The third-order valence-corrected chi connectivity index (χ3v) is 9.11. The van der Waals surface area contributed by atoms with Gasteiger partial charge in [0, 0.05) is 25.2 Å². The molecule has 2 rings (SSSR count). The van der Waals surface area contributed by atoms with Gasteiger partial charge in [0.2, 0.25) is 5.96 Å². The first-order valence-electron chi connectivity index (χ1n) is 25.2. The van der Waals surface area contributed by atoms with Crippen molar-refractivity contribution in [1.82, 2.24) is 25.3 Å². The molecule has 0 aromatic heterocycles. The van der Waals surface area contributed by atoms with Crippen molar-refractivity contribution in [3.8, 4) is 5.75 Å². The Balaban J connectivity index is 2.29. The molecule has 20 heteroatoms. The summed E-state index contributed by atoms with van der Waals surface area (Å²) in [5.74, 6) is 0.150. The van der Waals surface area contributed by atoms with E-state index < -0.39 is 70.0 Å². The van der Waals surface area contributed by atoms with Gasteiger partial charge in [-0.3, -0.25) is 25.0 Å². The van der Waals surface area contributed by atoms with Crippen LogP contribution >= 0.6 is 0 Å². The van der Waals surface area contributed by atoms with E-state index in [0.29, 0.717) is 76.2 Å². The summed E-state index contributed by atoms with van der Waals surface area (Å²) >= 11 is 0. The Morgan fingerprint density at radius 2 is 1.08 bits per heavy atom. The second kappa shape index (κ2) is 27.3. The lowest BCUT2D eigenvalue weighted by molar-refractivity contribution is -0.148. The van der Waals surface area contributed by atoms with Gasteiger partial charge >= 0.3 is 36.4 Å². The molecule has 1 aliphatic heterocycles. The van der Waals surface area contributed by atoms with Crippen LogP contribution in [0.3, 0.4) is 0 Å². The lowest BCUT2D eigenvalue weighted by Gasteiger charge is -2.35. The summed E-state index contributed by atoms with van der Waals surface area (Å²) in [6, 6.07) is 7.24. The normalized spacial score (nSPS) is 13.8. The van der Waals surface area contributed by atoms with E-state index in [1.807, 2.05) is 32.9 Å². The van der Waals surface area contributed by atoms with Gasteiger partial charge in [-0.25, -0.2) is 28.8 Å². The molecule has 2 N–H and O–H groups in total. The summed E-state index contributed by atoms with van der Waals surface area (Å²) in [7, 11) is 0. The number of ether oxygens (including phenoxy) is 7. The number of hydrogen-bond acceptors (Lipinski definition) is 14. The number of rotatable bonds is 18. The Bertz CT molecular complexity index is 2100. The van der Waals surface area contributed by atoms with E-state index in [2.05, 4.69) is 20.6 Å². The number of benzene rings is 1. The Morgan fingerprint density at radius 1 is 0.603 bits per heavy atom. The Labute approximate surface area is 434 Å². The lowest BCUT2D eigenvalue weighted by atomic mass is 10.1. The molecule has 0 spiro atoms. The van der Waals surface area contributed by atoms with Crippen molar-refractivity contribution in [2.75, 3.05) is 39.3 Å². The van der Waals surface area contributed by atoms with E-state index in [0.717, 1.165) is 11.6 Å². The maximum Gasteiger partial charge on any atom is 0.437 e. The van der Waals surface area contributed by atoms with Gasteiger partial charge in [-0.15, -0.1) is 4.99 Å². The van der Waals surface area contributed by atoms with Crippen LogP contribution in [0.5, 0.6) is 5.75 Å². The number of aliphatic imine (C=N–C) groups is 2. The zero-order chi connectivity index (χ0) is 55.6. The fourth-order valence-electron chi connectivity index (χ4n) is 6.44. The molecule has 5 amide bonds. The summed E-state index contributed by atoms with van der Waals surface area (Å²) in [5, 5.41) is 5.46. The second-order valence-electron chi connectivity index (χ2n) is 23.5. The Hall–Kier alpha value is -6.08. The number of hydrogen-bond donors (Lipinski definition) is 2. The average Bonchev–Trinajstić information content (AvgIpc) is 3.68. The standard InChI is InChI=1S/C53H87N7O13/c1-48(2,3)68-40(61)36-39(58(45(64)71-51(10,11)12)32-23-21-19-20-22-30-55-42(56-43(62)69-49(4,5)6)57-44(63)70-50(7,8)9)59(46(65)72-52(13,14)15)33-24-25-35-67-38-28-26-37(27-29-38)41-54-31-34-60(41)47(66)73-53(16,17)18/h26-29,36H,19-25,30-35H2,1-18H3,(H2,55,56,57,62,63)/b39-36+. The number of guanidine groups is 1. The Kier molecular flexibility index (Phi) is 23.6. The summed E-state index contributed by atoms with van der Waals surface area (Å²) in [4.78, 5) is 92.4. The molecular formula is C53H87N7O13. The fraction of sp³-hybridized carbons (Fsp3) is 0.698. The molecule has 0 saturated carbocycles. The first-order chi connectivity index (χ1) is 33.4. The van der Waals surface area contributed by atoms with Crippen LogP contribution in [0.1, 0.15) is 175 Å². The molecule has 0 radical (unpaired) electrons. The van der Waals surface area contributed by atoms with E-state index in [-0.39, 0.29) is 31.5 Å². The Morgan fingerprint density at radius 3 is 1.59 bits per heavy atom. The summed E-state index contributed by atoms with van der Waals surface area (Å²) in [5.41, 5.74) is -4.25. The summed E-state index contributed by atoms with van der Waals surface area (Å²) in [6.07, 6.45) is 1.40. The highest BCUT2D eigenvalue weighted by molar-refractivity contribution is 6.07. The highest BCUT2D eigenvalue weighted by atomic mass is 16.6. The topological polar surface area (TPSA) is 226 Å². The molecule has 20 nitrogen and oxygen atoms in total. The van der Waals surface area contributed by atoms with Gasteiger partial charge in [0.05, 0.1) is 25.8 Å². The smallest absolute Gasteiger partial charge is 0.437 e. The highest BCUT2D eigenvalue weighted by Crippen LogP contribution is 2.25. The average molecular weight is 1030 g/mol. The monoisotopic (exact) mass is 1030 g/mol. The zero-order valence-corrected chi connectivity index (χ0v) is 47.1. The number of nitrogens with zero attached hydrogens (tertiary/aromatic N) is 5. The molecule has 1 aliphatic rings. The number of carbonyl (C=O) groups excluding carboxylic acids is 6. The molecule has 73 heavy (non-hydrogen) atoms. The first kappa shape index (κ1) is 63.0. The van der Waals surface area contributed by atoms with E-state index in [1.54, 1.807) is 116 Å². The molecule has 0 unspecified atom stereocenters. The van der Waals surface area contributed by atoms with Crippen LogP contribution in [0.4, 0.5) is 24.0 Å². The lowest BCUT2D eigenvalue weighted by Crippen LogP contribution is -2.47. The zero-order valence-electron chi connectivity index (χ0n) is 47.1. The van der Waals surface area contributed by atoms with Crippen LogP contribution in [-0.2, 0) is 33.2 Å². The van der Waals surface area contributed by atoms with Crippen molar-refractivity contribution in [2.24, 2.45) is 9.98 Å². The van der Waals surface area contributed by atoms with Crippen molar-refractivity contribution in [3.63, 3.8) is 0 Å². The molecule has 412 valence electrons. The van der Waals surface area contributed by atoms with Crippen molar-refractivity contribution in [3.05, 3.63) is 41.7 Å². The van der Waals surface area contributed by atoms with Gasteiger partial charge in [-0.05, 0) is 175 Å². The molecular weight excluding hydrogens is 943 g/mol. The van der Waals surface area contributed by atoms with Crippen molar-refractivity contribution in [1.29, 1.82) is 0 Å². The number of alkyl carbamates (subject to hydrolysis) is 1. The largest absolute Gasteiger partial charge is 0.494 e. The predicted octanol–water partition coefficient (Wildman–Crippen LogP) is 10.9. The van der Waals surface area contributed by atoms with Crippen LogP contribution in [0.15, 0.2) is 46.1 Å². The molecule has 0 aliphatic carbocycles. The van der Waals surface area contributed by atoms with Gasteiger partial charge in [-0.1, -0.05) is 19.3 Å². The third kappa shape index (κ3) is 27.5. The van der Waals surface area contributed by atoms with Gasteiger partial charge < -0.3 is 38.5 Å². The SMILES string of the molecule is CC(C)(C)OC(=O)/C=C(\N(CCCCCCCN/C(=N/C(=O)OC(C)(C)C)NC(=O)OC(C)(C)C)C(=O)OC(C)(C)C)N(CCCCOc1ccc(C2=NCCN2C(=O)OC(C)(C)C)cc1)C(=O)OC(C)(C)C. The van der Waals surface area contributed by atoms with Gasteiger partial charge in [0.25, 0.3) is 0 Å². The van der Waals surface area contributed by atoms with Crippen LogP contribution in [-0.4, -0.2) is 136 Å². The maximum atomic E-state index is 14.2. The quantitative estimate of drug-likeness (QED) is 0.0348. The summed E-state index contributed by atoms with van der Waals surface area (Å²) < 4.78 is 39.7. The molecule has 0 saturated heterocycles. The van der Waals surface area contributed by atoms with Crippen LogP contribution in [0.2, 0.25) is 0 Å². The summed E-state index contributed by atoms with van der Waals surface area (Å²) in [6.45, 7) is 32.8. The van der Waals surface area contributed by atoms with Gasteiger partial charge in [-0.2, -0.15) is 0 Å². The first-order valence-corrected chi connectivity index (χ1v) is 25.2. The second-order valence-corrected chi connectivity index (χ2v) is 23.5. The number of carbonyl (C=O) groups is 6. The number of amidine groups is 1. The van der Waals surface area contributed by atoms with Crippen molar-refractivity contribution < 1.29 is 61.9 Å². The van der Waals surface area contributed by atoms with Crippen LogP contribution in [0.25, 0.3) is 0 Å². The molecule has 0 bridgehead atoms. The number of unbranched alkanes of at least 4 members (excludes halogenated alkanes) is 5. The minimum absolute atomic E-state index is 0.0282. The van der Waals surface area contributed by atoms with Gasteiger partial charge in [0.1, 0.15) is 51.0 Å². The van der Waals surface area contributed by atoms with Crippen LogP contribution < -0.4 is 15.4 Å². The molecule has 0 fully saturated rings. The van der Waals surface area contributed by atoms with E-state index in [9.17, 15) is 28.8 Å². The van der Waals surface area contributed by atoms with E-state index in [4.69, 9.17) is 33.2 Å². The minimum Gasteiger partial charge on any atom is -0.494 e. The molecule has 1 aromatic carbocycles. The fourth-order valence-corrected chi connectivity index (χ4v) is 6.44. The predicted molar refractivity (Wildman–Crippen MR) is 279 cm³/mol. The molecule has 0 atom stereocenters. The van der Waals surface area contributed by atoms with E-state index >= 15 is 0 Å². The number of nitrogens with one attached hydrogen (secondary N) is 2. The number of esters is 1. The maximum absolute atomic E-state index is 14.2. The molecule has 1 heterocycles. The molecule has 1 aromatic rings. The van der Waals surface area contributed by atoms with E-state index in [1.165, 1.54) is 14.7 Å².